The second-order valence-corrected chi connectivity index (χ2v) is 6.92. The molecular weight excluding hydrogens is 378 g/mol. The minimum Gasteiger partial charge on any atom is -0.353 e. The van der Waals surface area contributed by atoms with E-state index in [-0.39, 0.29) is 11.5 Å². The van der Waals surface area contributed by atoms with Gasteiger partial charge in [0.1, 0.15) is 22.6 Å². The van der Waals surface area contributed by atoms with Gasteiger partial charge in [-0.05, 0) is 31.5 Å². The van der Waals surface area contributed by atoms with Crippen molar-refractivity contribution in [2.75, 3.05) is 31.1 Å². The minimum absolute atomic E-state index is 0.00104. The van der Waals surface area contributed by atoms with E-state index in [0.29, 0.717) is 42.2 Å². The third-order valence-electron chi connectivity index (χ3n) is 4.43. The van der Waals surface area contributed by atoms with Crippen LogP contribution in [0.25, 0.3) is 0 Å². The molecule has 2 aromatic rings. The van der Waals surface area contributed by atoms with E-state index in [1.54, 1.807) is 11.8 Å². The Labute approximate surface area is 161 Å². The molecule has 5 nitrogen and oxygen atoms in total. The average Bonchev–Trinajstić information content (AvgIpc) is 2.62. The van der Waals surface area contributed by atoms with Crippen molar-refractivity contribution in [3.05, 3.63) is 51.1 Å². The highest BCUT2D eigenvalue weighted by Crippen LogP contribution is 2.26. The van der Waals surface area contributed by atoms with Gasteiger partial charge in [0.2, 0.25) is 0 Å². The SMILES string of the molecule is CCc1c(Cl)nc(C)nc1N1CCN(C(=O)c2cc(Cl)ccc2F)CC1. The Morgan fingerprint density at radius 3 is 2.54 bits per heavy atom. The molecule has 0 saturated carbocycles. The molecule has 1 saturated heterocycles. The molecule has 0 bridgehead atoms. The Balaban J connectivity index is 1.76. The van der Waals surface area contributed by atoms with Crippen LogP contribution in [0.3, 0.4) is 0 Å². The Kier molecular flexibility index (Phi) is 5.63. The molecule has 0 radical (unpaired) electrons. The van der Waals surface area contributed by atoms with E-state index < -0.39 is 5.82 Å². The number of rotatable bonds is 3. The number of carbonyl (C=O) groups excluding carboxylic acids is 1. The molecule has 26 heavy (non-hydrogen) atoms. The van der Waals surface area contributed by atoms with Crippen LogP contribution in [-0.2, 0) is 6.42 Å². The molecule has 0 unspecified atom stereocenters. The molecule has 138 valence electrons. The summed E-state index contributed by atoms with van der Waals surface area (Å²) in [5.74, 6) is 0.512. The molecule has 1 aliphatic heterocycles. The average molecular weight is 397 g/mol. The van der Waals surface area contributed by atoms with Crippen molar-refractivity contribution in [1.29, 1.82) is 0 Å². The first-order chi connectivity index (χ1) is 12.4. The minimum atomic E-state index is -0.562. The smallest absolute Gasteiger partial charge is 0.257 e. The van der Waals surface area contributed by atoms with Crippen molar-refractivity contribution in [3.8, 4) is 0 Å². The Hall–Kier alpha value is -1.92. The summed E-state index contributed by atoms with van der Waals surface area (Å²) >= 11 is 12.1. The number of halogens is 3. The molecule has 0 atom stereocenters. The van der Waals surface area contributed by atoms with E-state index in [2.05, 4.69) is 14.9 Å². The number of hydrogen-bond donors (Lipinski definition) is 0. The summed E-state index contributed by atoms with van der Waals surface area (Å²) in [6, 6.07) is 4.01. The van der Waals surface area contributed by atoms with Crippen molar-refractivity contribution in [1.82, 2.24) is 14.9 Å². The van der Waals surface area contributed by atoms with E-state index in [9.17, 15) is 9.18 Å². The third kappa shape index (κ3) is 3.76. The van der Waals surface area contributed by atoms with Gasteiger partial charge in [-0.15, -0.1) is 0 Å². The fourth-order valence-electron chi connectivity index (χ4n) is 3.07. The van der Waals surface area contributed by atoms with Gasteiger partial charge in [-0.2, -0.15) is 0 Å². The zero-order chi connectivity index (χ0) is 18.8. The van der Waals surface area contributed by atoms with E-state index in [1.807, 2.05) is 6.92 Å². The number of hydrogen-bond acceptors (Lipinski definition) is 4. The van der Waals surface area contributed by atoms with Crippen LogP contribution in [0.5, 0.6) is 0 Å². The molecule has 1 aromatic heterocycles. The first-order valence-electron chi connectivity index (χ1n) is 8.43. The van der Waals surface area contributed by atoms with Crippen LogP contribution in [0.15, 0.2) is 18.2 Å². The van der Waals surface area contributed by atoms with Gasteiger partial charge in [0.25, 0.3) is 5.91 Å². The highest BCUT2D eigenvalue weighted by atomic mass is 35.5. The van der Waals surface area contributed by atoms with Gasteiger partial charge in [0.15, 0.2) is 0 Å². The van der Waals surface area contributed by atoms with Gasteiger partial charge in [0, 0.05) is 36.8 Å². The van der Waals surface area contributed by atoms with E-state index in [1.165, 1.54) is 18.2 Å². The van der Waals surface area contributed by atoms with E-state index in [4.69, 9.17) is 23.2 Å². The summed E-state index contributed by atoms with van der Waals surface area (Å²) in [6.45, 7) is 5.92. The highest BCUT2D eigenvalue weighted by molar-refractivity contribution is 6.31. The second kappa shape index (κ2) is 7.76. The van der Waals surface area contributed by atoms with Gasteiger partial charge < -0.3 is 9.80 Å². The Morgan fingerprint density at radius 1 is 1.19 bits per heavy atom. The summed E-state index contributed by atoms with van der Waals surface area (Å²) in [5.41, 5.74) is 0.902. The first-order valence-corrected chi connectivity index (χ1v) is 9.18. The zero-order valence-corrected chi connectivity index (χ0v) is 16.1. The number of benzene rings is 1. The predicted molar refractivity (Wildman–Crippen MR) is 101 cm³/mol. The standard InChI is InChI=1S/C18H19Cl2FN4O/c1-3-13-16(20)22-11(2)23-17(13)24-6-8-25(9-7-24)18(26)14-10-12(19)4-5-15(14)21/h4-5,10H,3,6-9H2,1-2H3. The van der Waals surface area contributed by atoms with Gasteiger partial charge in [0.05, 0.1) is 5.56 Å². The number of aromatic nitrogens is 2. The molecule has 0 aliphatic carbocycles. The molecule has 1 aliphatic rings. The molecule has 0 spiro atoms. The van der Waals surface area contributed by atoms with Crippen molar-refractivity contribution in [3.63, 3.8) is 0 Å². The molecular formula is C18H19Cl2FN4O. The summed E-state index contributed by atoms with van der Waals surface area (Å²) in [5, 5.41) is 0.807. The van der Waals surface area contributed by atoms with Crippen molar-refractivity contribution < 1.29 is 9.18 Å². The van der Waals surface area contributed by atoms with E-state index in [0.717, 1.165) is 17.8 Å². The lowest BCUT2D eigenvalue weighted by molar-refractivity contribution is 0.0741. The predicted octanol–water partition coefficient (Wildman–Crippen LogP) is 3.76. The van der Waals surface area contributed by atoms with Gasteiger partial charge in [-0.25, -0.2) is 14.4 Å². The molecule has 1 aromatic carbocycles. The lowest BCUT2D eigenvalue weighted by Gasteiger charge is -2.36. The van der Waals surface area contributed by atoms with Crippen molar-refractivity contribution in [2.45, 2.75) is 20.3 Å². The quantitative estimate of drug-likeness (QED) is 0.741. The fourth-order valence-corrected chi connectivity index (χ4v) is 3.58. The van der Waals surface area contributed by atoms with Crippen LogP contribution in [0, 0.1) is 12.7 Å². The molecule has 0 N–H and O–H groups in total. The summed E-state index contributed by atoms with van der Waals surface area (Å²) < 4.78 is 14.0. The van der Waals surface area contributed by atoms with Gasteiger partial charge in [-0.1, -0.05) is 30.1 Å². The number of amides is 1. The van der Waals surface area contributed by atoms with Crippen LogP contribution in [-0.4, -0.2) is 47.0 Å². The van der Waals surface area contributed by atoms with Crippen LogP contribution in [0.2, 0.25) is 10.2 Å². The van der Waals surface area contributed by atoms with Gasteiger partial charge >= 0.3 is 0 Å². The van der Waals surface area contributed by atoms with Crippen LogP contribution in [0.4, 0.5) is 10.2 Å². The molecule has 1 amide bonds. The van der Waals surface area contributed by atoms with Gasteiger partial charge in [-0.3, -0.25) is 4.79 Å². The number of piperazine rings is 1. The number of aryl methyl sites for hydroxylation is 1. The zero-order valence-electron chi connectivity index (χ0n) is 14.6. The van der Waals surface area contributed by atoms with Crippen LogP contribution >= 0.6 is 23.2 Å². The summed E-state index contributed by atoms with van der Waals surface area (Å²) in [4.78, 5) is 25.1. The lowest BCUT2D eigenvalue weighted by Crippen LogP contribution is -2.49. The highest BCUT2D eigenvalue weighted by Gasteiger charge is 2.26. The normalized spacial score (nSPS) is 14.7. The second-order valence-electron chi connectivity index (χ2n) is 6.12. The summed E-state index contributed by atoms with van der Waals surface area (Å²) in [6.07, 6.45) is 0.724. The van der Waals surface area contributed by atoms with Crippen LogP contribution in [0.1, 0.15) is 28.7 Å². The third-order valence-corrected chi connectivity index (χ3v) is 4.97. The van der Waals surface area contributed by atoms with Crippen molar-refractivity contribution >= 4 is 34.9 Å². The maximum absolute atomic E-state index is 14.0. The Bertz CT molecular complexity index is 838. The number of anilines is 1. The molecule has 1 fully saturated rings. The van der Waals surface area contributed by atoms with E-state index >= 15 is 0 Å². The maximum atomic E-state index is 14.0. The Morgan fingerprint density at radius 2 is 1.88 bits per heavy atom. The fraction of sp³-hybridized carbons (Fsp3) is 0.389. The van der Waals surface area contributed by atoms with Crippen LogP contribution < -0.4 is 4.90 Å². The first kappa shape index (κ1) is 18.9. The summed E-state index contributed by atoms with van der Waals surface area (Å²) in [7, 11) is 0. The number of carbonyl (C=O) groups is 1. The number of nitrogens with zero attached hydrogens (tertiary/aromatic N) is 4. The largest absolute Gasteiger partial charge is 0.353 e. The lowest BCUT2D eigenvalue weighted by atomic mass is 10.1. The topological polar surface area (TPSA) is 49.3 Å². The molecule has 8 heteroatoms. The molecule has 2 heterocycles. The monoisotopic (exact) mass is 396 g/mol. The van der Waals surface area contributed by atoms with Crippen molar-refractivity contribution in [2.24, 2.45) is 0 Å². The molecule has 3 rings (SSSR count). The maximum Gasteiger partial charge on any atom is 0.257 e.